The first-order valence-electron chi connectivity index (χ1n) is 11.9. The molecule has 8 atom stereocenters. The zero-order valence-corrected chi connectivity index (χ0v) is 18.5. The normalized spacial score (nSPS) is 46.3. The Morgan fingerprint density at radius 1 is 1.07 bits per heavy atom. The van der Waals surface area contributed by atoms with E-state index in [4.69, 9.17) is 4.74 Å². The van der Waals surface area contributed by atoms with E-state index in [2.05, 4.69) is 20.8 Å². The van der Waals surface area contributed by atoms with E-state index in [0.29, 0.717) is 53.1 Å². The van der Waals surface area contributed by atoms with Crippen molar-refractivity contribution in [3.8, 4) is 0 Å². The van der Waals surface area contributed by atoms with Crippen LogP contribution in [0.5, 0.6) is 0 Å². The van der Waals surface area contributed by atoms with E-state index >= 15 is 0 Å². The first-order chi connectivity index (χ1) is 13.3. The van der Waals surface area contributed by atoms with Crippen LogP contribution in [0.25, 0.3) is 0 Å². The molecule has 4 saturated carbocycles. The number of ether oxygens (including phenoxy) is 1. The number of Topliss-reactive ketones (excluding diaryl/α,β-unsaturated/α-hetero) is 1. The molecule has 0 radical (unpaired) electrons. The molecular formula is C25H40O3. The predicted molar refractivity (Wildman–Crippen MR) is 111 cm³/mol. The molecule has 3 heteroatoms. The van der Waals surface area contributed by atoms with Gasteiger partial charge < -0.3 is 4.74 Å². The summed E-state index contributed by atoms with van der Waals surface area (Å²) in [7, 11) is 1.48. The van der Waals surface area contributed by atoms with E-state index in [-0.39, 0.29) is 11.4 Å². The summed E-state index contributed by atoms with van der Waals surface area (Å²) in [6.45, 7) is 7.35. The Bertz CT molecular complexity index is 627. The second-order valence-corrected chi connectivity index (χ2v) is 11.2. The zero-order valence-electron chi connectivity index (χ0n) is 18.5. The molecule has 0 aliphatic heterocycles. The summed E-state index contributed by atoms with van der Waals surface area (Å²) in [5.74, 6) is 3.86. The van der Waals surface area contributed by atoms with Crippen molar-refractivity contribution < 1.29 is 14.3 Å². The molecule has 4 fully saturated rings. The molecule has 4 aliphatic carbocycles. The van der Waals surface area contributed by atoms with Gasteiger partial charge in [0.25, 0.3) is 0 Å². The number of carbonyl (C=O) groups excluding carboxylic acids is 2. The first kappa shape index (κ1) is 20.4. The number of fused-ring (bicyclic) bond motifs is 5. The third kappa shape index (κ3) is 3.06. The molecule has 0 saturated heterocycles. The summed E-state index contributed by atoms with van der Waals surface area (Å²) in [4.78, 5) is 25.0. The van der Waals surface area contributed by atoms with Gasteiger partial charge in [0, 0.05) is 18.8 Å². The Hall–Kier alpha value is -0.860. The fourth-order valence-electron chi connectivity index (χ4n) is 8.59. The van der Waals surface area contributed by atoms with Crippen LogP contribution in [0, 0.1) is 46.3 Å². The van der Waals surface area contributed by atoms with Crippen molar-refractivity contribution >= 4 is 11.8 Å². The van der Waals surface area contributed by atoms with E-state index in [1.807, 2.05) is 0 Å². The van der Waals surface area contributed by atoms with Gasteiger partial charge in [-0.15, -0.1) is 0 Å². The van der Waals surface area contributed by atoms with Gasteiger partial charge in [-0.1, -0.05) is 33.6 Å². The van der Waals surface area contributed by atoms with Crippen LogP contribution in [0.1, 0.15) is 91.4 Å². The Labute approximate surface area is 171 Å². The molecule has 0 aromatic rings. The minimum atomic E-state index is -0.0889. The van der Waals surface area contributed by atoms with Crippen molar-refractivity contribution in [3.63, 3.8) is 0 Å². The fraction of sp³-hybridized carbons (Fsp3) is 0.920. The van der Waals surface area contributed by atoms with Crippen molar-refractivity contribution in [2.24, 2.45) is 46.3 Å². The van der Waals surface area contributed by atoms with Gasteiger partial charge in [-0.25, -0.2) is 0 Å². The van der Waals surface area contributed by atoms with E-state index in [1.165, 1.54) is 58.5 Å². The molecule has 28 heavy (non-hydrogen) atoms. The average molecular weight is 389 g/mol. The van der Waals surface area contributed by atoms with Crippen LogP contribution in [0.15, 0.2) is 0 Å². The number of carbonyl (C=O) groups is 2. The number of hydrogen-bond acceptors (Lipinski definition) is 3. The number of esters is 1. The van der Waals surface area contributed by atoms with Crippen molar-refractivity contribution in [3.05, 3.63) is 0 Å². The highest BCUT2D eigenvalue weighted by Gasteiger charge is 2.62. The molecule has 0 heterocycles. The molecule has 0 amide bonds. The molecule has 3 nitrogen and oxygen atoms in total. The molecule has 0 unspecified atom stereocenters. The van der Waals surface area contributed by atoms with Crippen molar-refractivity contribution in [2.45, 2.75) is 91.4 Å². The highest BCUT2D eigenvalue weighted by molar-refractivity contribution is 5.83. The summed E-state index contributed by atoms with van der Waals surface area (Å²) < 4.78 is 4.86. The number of methoxy groups -OCH3 is 1. The zero-order chi connectivity index (χ0) is 20.1. The minimum absolute atomic E-state index is 0.0889. The van der Waals surface area contributed by atoms with E-state index in [9.17, 15) is 9.59 Å². The summed E-state index contributed by atoms with van der Waals surface area (Å²) >= 11 is 0. The van der Waals surface area contributed by atoms with Crippen LogP contribution in [0.2, 0.25) is 0 Å². The second kappa shape index (κ2) is 7.43. The second-order valence-electron chi connectivity index (χ2n) is 11.2. The third-order valence-corrected chi connectivity index (χ3v) is 10.2. The van der Waals surface area contributed by atoms with Crippen LogP contribution in [0.4, 0.5) is 0 Å². The van der Waals surface area contributed by atoms with E-state index < -0.39 is 0 Å². The van der Waals surface area contributed by atoms with Crippen molar-refractivity contribution in [1.82, 2.24) is 0 Å². The van der Waals surface area contributed by atoms with Crippen LogP contribution in [-0.2, 0) is 14.3 Å². The minimum Gasteiger partial charge on any atom is -0.469 e. The molecule has 158 valence electrons. The van der Waals surface area contributed by atoms with Gasteiger partial charge in [0.2, 0.25) is 0 Å². The molecular weight excluding hydrogens is 348 g/mol. The van der Waals surface area contributed by atoms with Crippen LogP contribution >= 0.6 is 0 Å². The van der Waals surface area contributed by atoms with Gasteiger partial charge >= 0.3 is 5.97 Å². The standard InChI is InChI=1S/C25H40O3/c1-16(8-11-22(27)28-4)18-9-10-19-23-20(12-14-25(18,19)3)24(2)13-6-5-7-17(24)15-21(23)26/h16-20,23H,5-15H2,1-4H3/t16-,17-,18+,19+,20+,23-,24-,25+/m0/s1. The Morgan fingerprint density at radius 2 is 1.82 bits per heavy atom. The molecule has 0 spiro atoms. The fourth-order valence-corrected chi connectivity index (χ4v) is 8.59. The molecule has 4 rings (SSSR count). The van der Waals surface area contributed by atoms with Crippen LogP contribution in [0.3, 0.4) is 0 Å². The lowest BCUT2D eigenvalue weighted by atomic mass is 9.44. The summed E-state index contributed by atoms with van der Waals surface area (Å²) in [6, 6.07) is 0. The number of ketones is 1. The first-order valence-corrected chi connectivity index (χ1v) is 11.9. The maximum absolute atomic E-state index is 13.4. The van der Waals surface area contributed by atoms with Crippen molar-refractivity contribution in [2.75, 3.05) is 7.11 Å². The van der Waals surface area contributed by atoms with Gasteiger partial charge in [0.05, 0.1) is 7.11 Å². The highest BCUT2D eigenvalue weighted by atomic mass is 16.5. The summed E-state index contributed by atoms with van der Waals surface area (Å²) in [6.07, 6.45) is 12.6. The molecule has 0 aromatic carbocycles. The van der Waals surface area contributed by atoms with E-state index in [0.717, 1.165) is 12.8 Å². The maximum atomic E-state index is 13.4. The SMILES string of the molecule is COC(=O)CC[C@H](C)[C@H]1CC[C@@H]2[C@@H]3C(=O)C[C@@H]4CCCC[C@]4(C)[C@@H]3CC[C@@]21C. The van der Waals surface area contributed by atoms with Gasteiger partial charge in [0.1, 0.15) is 5.78 Å². The van der Waals surface area contributed by atoms with Crippen LogP contribution in [-0.4, -0.2) is 18.9 Å². The predicted octanol–water partition coefficient (Wildman–Crippen LogP) is 5.80. The van der Waals surface area contributed by atoms with Gasteiger partial charge in [-0.3, -0.25) is 9.59 Å². The summed E-state index contributed by atoms with van der Waals surface area (Å²) in [5, 5.41) is 0. The number of rotatable bonds is 4. The lowest BCUT2D eigenvalue weighted by molar-refractivity contribution is -0.156. The van der Waals surface area contributed by atoms with Crippen molar-refractivity contribution in [1.29, 1.82) is 0 Å². The van der Waals surface area contributed by atoms with Crippen LogP contribution < -0.4 is 0 Å². The van der Waals surface area contributed by atoms with Gasteiger partial charge in [-0.2, -0.15) is 0 Å². The molecule has 0 bridgehead atoms. The summed E-state index contributed by atoms with van der Waals surface area (Å²) in [5.41, 5.74) is 0.691. The van der Waals surface area contributed by atoms with Gasteiger partial charge in [0.15, 0.2) is 0 Å². The Kier molecular flexibility index (Phi) is 5.42. The smallest absolute Gasteiger partial charge is 0.305 e. The molecule has 0 N–H and O–H groups in total. The lowest BCUT2D eigenvalue weighted by Crippen LogP contribution is -2.56. The highest BCUT2D eigenvalue weighted by Crippen LogP contribution is 2.67. The maximum Gasteiger partial charge on any atom is 0.305 e. The number of hydrogen-bond donors (Lipinski definition) is 0. The largest absolute Gasteiger partial charge is 0.469 e. The quantitative estimate of drug-likeness (QED) is 0.571. The monoisotopic (exact) mass is 388 g/mol. The third-order valence-electron chi connectivity index (χ3n) is 10.2. The Balaban J connectivity index is 1.54. The topological polar surface area (TPSA) is 43.4 Å². The van der Waals surface area contributed by atoms with E-state index in [1.54, 1.807) is 0 Å². The average Bonchev–Trinajstić information content (AvgIpc) is 3.03. The Morgan fingerprint density at radius 3 is 2.57 bits per heavy atom. The molecule has 0 aromatic heterocycles. The molecule has 4 aliphatic rings. The lowest BCUT2D eigenvalue weighted by Gasteiger charge is -2.60. The van der Waals surface area contributed by atoms with Gasteiger partial charge in [-0.05, 0) is 85.4 Å².